The summed E-state index contributed by atoms with van der Waals surface area (Å²) in [5.74, 6) is -2.00. The molecule has 0 saturated heterocycles. The maximum absolute atomic E-state index is 13.4. The minimum absolute atomic E-state index is 0.00191. The Labute approximate surface area is 160 Å². The molecule has 0 bridgehead atoms. The molecule has 1 amide bonds. The molecular weight excluding hydrogens is 399 g/mol. The summed E-state index contributed by atoms with van der Waals surface area (Å²) in [4.78, 5) is 23.9. The average Bonchev–Trinajstić information content (AvgIpc) is 2.60. The molecule has 1 N–H and O–H groups in total. The number of sulfonamides is 1. The Kier molecular flexibility index (Phi) is 6.40. The first kappa shape index (κ1) is 20.7. The van der Waals surface area contributed by atoms with Crippen LogP contribution in [0.1, 0.15) is 10.4 Å². The minimum atomic E-state index is -3.86. The zero-order chi connectivity index (χ0) is 20.2. The SMILES string of the molecule is COC(=O)c1ccc(Cl)c(NC(=O)CN(c2cccc(F)c2)S(C)(=O)=O)c1. The first-order valence-corrected chi connectivity index (χ1v) is 9.75. The van der Waals surface area contributed by atoms with Crippen molar-refractivity contribution in [2.75, 3.05) is 29.5 Å². The summed E-state index contributed by atoms with van der Waals surface area (Å²) in [6, 6.07) is 8.96. The van der Waals surface area contributed by atoms with Gasteiger partial charge in [0.15, 0.2) is 0 Å². The van der Waals surface area contributed by atoms with Crippen LogP contribution in [0, 0.1) is 5.82 Å². The van der Waals surface area contributed by atoms with Crippen LogP contribution in [0.5, 0.6) is 0 Å². The number of carbonyl (C=O) groups excluding carboxylic acids is 2. The lowest BCUT2D eigenvalue weighted by atomic mass is 10.2. The quantitative estimate of drug-likeness (QED) is 0.733. The fourth-order valence-corrected chi connectivity index (χ4v) is 3.23. The van der Waals surface area contributed by atoms with E-state index in [0.29, 0.717) is 0 Å². The molecule has 2 rings (SSSR count). The van der Waals surface area contributed by atoms with E-state index in [9.17, 15) is 22.4 Å². The lowest BCUT2D eigenvalue weighted by molar-refractivity contribution is -0.114. The van der Waals surface area contributed by atoms with Gasteiger partial charge in [0, 0.05) is 0 Å². The topological polar surface area (TPSA) is 92.8 Å². The van der Waals surface area contributed by atoms with Crippen molar-refractivity contribution in [3.63, 3.8) is 0 Å². The Hall–Kier alpha value is -2.65. The molecule has 0 radical (unpaired) electrons. The van der Waals surface area contributed by atoms with Gasteiger partial charge in [0.1, 0.15) is 12.4 Å². The second kappa shape index (κ2) is 8.36. The van der Waals surface area contributed by atoms with Crippen molar-refractivity contribution >= 4 is 44.9 Å². The molecule has 2 aromatic carbocycles. The largest absolute Gasteiger partial charge is 0.465 e. The number of ether oxygens (including phenoxy) is 1. The van der Waals surface area contributed by atoms with Crippen LogP contribution in [0.2, 0.25) is 5.02 Å². The Morgan fingerprint density at radius 2 is 1.93 bits per heavy atom. The molecule has 0 atom stereocenters. The van der Waals surface area contributed by atoms with Gasteiger partial charge in [-0.25, -0.2) is 17.6 Å². The van der Waals surface area contributed by atoms with Gasteiger partial charge in [-0.3, -0.25) is 9.10 Å². The van der Waals surface area contributed by atoms with E-state index in [4.69, 9.17) is 11.6 Å². The lowest BCUT2D eigenvalue weighted by Crippen LogP contribution is -2.37. The Bertz CT molecular complexity index is 981. The molecule has 10 heteroatoms. The maximum Gasteiger partial charge on any atom is 0.337 e. The first-order chi connectivity index (χ1) is 12.6. The molecule has 0 aliphatic heterocycles. The second-order valence-corrected chi connectivity index (χ2v) is 7.80. The van der Waals surface area contributed by atoms with E-state index in [0.717, 1.165) is 22.7 Å². The molecule has 0 saturated carbocycles. The zero-order valence-corrected chi connectivity index (χ0v) is 16.0. The van der Waals surface area contributed by atoms with Crippen molar-refractivity contribution < 1.29 is 27.1 Å². The van der Waals surface area contributed by atoms with Crippen LogP contribution in [0.4, 0.5) is 15.8 Å². The number of hydrogen-bond acceptors (Lipinski definition) is 5. The highest BCUT2D eigenvalue weighted by Crippen LogP contribution is 2.24. The molecule has 0 fully saturated rings. The molecule has 0 aromatic heterocycles. The molecule has 0 spiro atoms. The third-order valence-electron chi connectivity index (χ3n) is 3.45. The number of anilines is 2. The van der Waals surface area contributed by atoms with Crippen molar-refractivity contribution in [3.05, 3.63) is 58.9 Å². The van der Waals surface area contributed by atoms with Gasteiger partial charge in [-0.05, 0) is 36.4 Å². The fraction of sp³-hybridized carbons (Fsp3) is 0.176. The summed E-state index contributed by atoms with van der Waals surface area (Å²) >= 11 is 6.00. The van der Waals surface area contributed by atoms with Crippen molar-refractivity contribution in [1.82, 2.24) is 0 Å². The molecule has 2 aromatic rings. The number of benzene rings is 2. The van der Waals surface area contributed by atoms with E-state index >= 15 is 0 Å². The Morgan fingerprint density at radius 3 is 2.52 bits per heavy atom. The predicted molar refractivity (Wildman–Crippen MR) is 100 cm³/mol. The van der Waals surface area contributed by atoms with Crippen LogP contribution in [0.25, 0.3) is 0 Å². The summed E-state index contributed by atoms with van der Waals surface area (Å²) in [6.07, 6.45) is 0.899. The van der Waals surface area contributed by atoms with Crippen LogP contribution in [-0.4, -0.2) is 40.2 Å². The Morgan fingerprint density at radius 1 is 1.22 bits per heavy atom. The highest BCUT2D eigenvalue weighted by molar-refractivity contribution is 7.92. The molecule has 144 valence electrons. The smallest absolute Gasteiger partial charge is 0.337 e. The molecule has 27 heavy (non-hydrogen) atoms. The number of rotatable bonds is 6. The molecule has 0 aliphatic carbocycles. The van der Waals surface area contributed by atoms with Crippen LogP contribution >= 0.6 is 11.6 Å². The lowest BCUT2D eigenvalue weighted by Gasteiger charge is -2.22. The number of halogens is 2. The van der Waals surface area contributed by atoms with Crippen LogP contribution in [0.3, 0.4) is 0 Å². The van der Waals surface area contributed by atoms with Gasteiger partial charge in [-0.1, -0.05) is 17.7 Å². The van der Waals surface area contributed by atoms with Crippen molar-refractivity contribution in [2.24, 2.45) is 0 Å². The van der Waals surface area contributed by atoms with E-state index in [1.165, 1.54) is 37.4 Å². The number of nitrogens with one attached hydrogen (secondary N) is 1. The van der Waals surface area contributed by atoms with Crippen LogP contribution in [-0.2, 0) is 19.6 Å². The van der Waals surface area contributed by atoms with Crippen LogP contribution < -0.4 is 9.62 Å². The number of amides is 1. The van der Waals surface area contributed by atoms with Crippen molar-refractivity contribution in [2.45, 2.75) is 0 Å². The van der Waals surface area contributed by atoms with Crippen molar-refractivity contribution in [3.8, 4) is 0 Å². The molecule has 0 unspecified atom stereocenters. The number of hydrogen-bond donors (Lipinski definition) is 1. The van der Waals surface area contributed by atoms with Gasteiger partial charge in [-0.2, -0.15) is 0 Å². The van der Waals surface area contributed by atoms with Gasteiger partial charge in [0.2, 0.25) is 15.9 Å². The highest BCUT2D eigenvalue weighted by Gasteiger charge is 2.22. The number of nitrogens with zero attached hydrogens (tertiary/aromatic N) is 1. The van der Waals surface area contributed by atoms with Crippen LogP contribution in [0.15, 0.2) is 42.5 Å². The standard InChI is InChI=1S/C17H16ClFN2O5S/c1-26-17(23)11-6-7-14(18)15(8-11)20-16(22)10-21(27(2,24)25)13-5-3-4-12(19)9-13/h3-9H,10H2,1-2H3,(H,20,22). The predicted octanol–water partition coefficient (Wildman–Crippen LogP) is 2.67. The average molecular weight is 415 g/mol. The normalized spacial score (nSPS) is 11.0. The van der Waals surface area contributed by atoms with Crippen molar-refractivity contribution in [1.29, 1.82) is 0 Å². The molecule has 0 aliphatic rings. The minimum Gasteiger partial charge on any atom is -0.465 e. The van der Waals surface area contributed by atoms with E-state index in [2.05, 4.69) is 10.1 Å². The van der Waals surface area contributed by atoms with E-state index < -0.39 is 34.3 Å². The third kappa shape index (κ3) is 5.41. The zero-order valence-electron chi connectivity index (χ0n) is 14.4. The molecular formula is C17H16ClFN2O5S. The number of methoxy groups -OCH3 is 1. The van der Waals surface area contributed by atoms with Gasteiger partial charge in [0.25, 0.3) is 0 Å². The Balaban J connectivity index is 2.26. The van der Waals surface area contributed by atoms with E-state index in [-0.39, 0.29) is 22.0 Å². The van der Waals surface area contributed by atoms with E-state index in [1.54, 1.807) is 0 Å². The number of esters is 1. The fourth-order valence-electron chi connectivity index (χ4n) is 2.22. The van der Waals surface area contributed by atoms with Gasteiger partial charge >= 0.3 is 5.97 Å². The summed E-state index contributed by atoms with van der Waals surface area (Å²) in [6.45, 7) is -0.610. The van der Waals surface area contributed by atoms with Gasteiger partial charge in [-0.15, -0.1) is 0 Å². The molecule has 0 heterocycles. The summed E-state index contributed by atoms with van der Waals surface area (Å²) in [7, 11) is -2.65. The van der Waals surface area contributed by atoms with Gasteiger partial charge < -0.3 is 10.1 Å². The van der Waals surface area contributed by atoms with Gasteiger partial charge in [0.05, 0.1) is 35.3 Å². The maximum atomic E-state index is 13.4. The molecule has 7 nitrogen and oxygen atoms in total. The second-order valence-electron chi connectivity index (χ2n) is 5.48. The first-order valence-electron chi connectivity index (χ1n) is 7.53. The third-order valence-corrected chi connectivity index (χ3v) is 4.92. The summed E-state index contributed by atoms with van der Waals surface area (Å²) in [5.41, 5.74) is 0.265. The highest BCUT2D eigenvalue weighted by atomic mass is 35.5. The number of carbonyl (C=O) groups is 2. The summed E-state index contributed by atoms with van der Waals surface area (Å²) < 4.78 is 42.8. The monoisotopic (exact) mass is 414 g/mol. The van der Waals surface area contributed by atoms with E-state index in [1.807, 2.05) is 0 Å². The summed E-state index contributed by atoms with van der Waals surface area (Å²) in [5, 5.41) is 2.58.